The van der Waals surface area contributed by atoms with Crippen molar-refractivity contribution in [3.8, 4) is 0 Å². The molecule has 8 atom stereocenters. The molecule has 9 heteroatoms. The van der Waals surface area contributed by atoms with E-state index in [9.17, 15) is 9.59 Å². The Hall–Kier alpha value is -2.07. The molecule has 6 rings (SSSR count). The van der Waals surface area contributed by atoms with Crippen molar-refractivity contribution < 1.29 is 33.6 Å². The highest BCUT2D eigenvalue weighted by molar-refractivity contribution is 5.81. The van der Waals surface area contributed by atoms with Crippen LogP contribution < -0.4 is 5.32 Å². The Morgan fingerprint density at radius 1 is 1.18 bits per heavy atom. The summed E-state index contributed by atoms with van der Waals surface area (Å²) in [7, 11) is 0. The minimum absolute atomic E-state index is 0.0240. The second-order valence-electron chi connectivity index (χ2n) is 10.4. The van der Waals surface area contributed by atoms with E-state index in [0.29, 0.717) is 12.5 Å². The first-order chi connectivity index (χ1) is 16.3. The summed E-state index contributed by atoms with van der Waals surface area (Å²) in [5.41, 5.74) is 0.205. The maximum absolute atomic E-state index is 12.6. The molecule has 4 aliphatic heterocycles. The normalized spacial score (nSPS) is 40.7. The molecule has 1 saturated carbocycles. The minimum Gasteiger partial charge on any atom is -0.435 e. The average molecular weight is 475 g/mol. The zero-order valence-electron chi connectivity index (χ0n) is 20.0. The summed E-state index contributed by atoms with van der Waals surface area (Å²) in [5, 5.41) is 2.80. The van der Waals surface area contributed by atoms with Crippen molar-refractivity contribution in [1.82, 2.24) is 10.3 Å². The van der Waals surface area contributed by atoms with Crippen LogP contribution >= 0.6 is 0 Å². The number of nitrogens with one attached hydrogen (secondary N) is 1. The van der Waals surface area contributed by atoms with Crippen molar-refractivity contribution in [1.29, 1.82) is 0 Å². The van der Waals surface area contributed by atoms with Crippen LogP contribution in [0.1, 0.15) is 64.9 Å². The molecule has 1 aliphatic carbocycles. The number of carbonyl (C=O) groups excluding carboxylic acids is 2. The number of fused-ring (bicyclic) bond motifs is 2. The third kappa shape index (κ3) is 4.23. The molecular formula is C25H34N2O7. The number of aromatic nitrogens is 1. The summed E-state index contributed by atoms with van der Waals surface area (Å²) in [6.45, 7) is 6.52. The van der Waals surface area contributed by atoms with E-state index < -0.39 is 29.9 Å². The molecule has 5 heterocycles. The second kappa shape index (κ2) is 9.18. The molecule has 0 radical (unpaired) electrons. The molecule has 5 aliphatic rings. The molecule has 1 spiro atoms. The van der Waals surface area contributed by atoms with Crippen molar-refractivity contribution >= 4 is 11.9 Å². The van der Waals surface area contributed by atoms with Crippen LogP contribution in [0.3, 0.4) is 0 Å². The highest BCUT2D eigenvalue weighted by Crippen LogP contribution is 2.60. The highest BCUT2D eigenvalue weighted by atomic mass is 17.3. The lowest BCUT2D eigenvalue weighted by Crippen LogP contribution is -2.70. The molecule has 186 valence electrons. The van der Waals surface area contributed by atoms with E-state index in [0.717, 1.165) is 31.2 Å². The fourth-order valence-corrected chi connectivity index (χ4v) is 6.20. The van der Waals surface area contributed by atoms with Crippen LogP contribution in [-0.4, -0.2) is 40.8 Å². The minimum atomic E-state index is -0.876. The molecular weight excluding hydrogens is 440 g/mol. The molecule has 34 heavy (non-hydrogen) atoms. The number of hydrogen-bond acceptors (Lipinski definition) is 8. The summed E-state index contributed by atoms with van der Waals surface area (Å²) >= 11 is 0. The summed E-state index contributed by atoms with van der Waals surface area (Å²) in [6, 6.07) is 3.69. The van der Waals surface area contributed by atoms with Crippen molar-refractivity contribution in [2.24, 2.45) is 23.7 Å². The molecule has 0 unspecified atom stereocenters. The summed E-state index contributed by atoms with van der Waals surface area (Å²) in [4.78, 5) is 40.7. The first kappa shape index (κ1) is 23.7. The molecule has 1 N–H and O–H groups in total. The van der Waals surface area contributed by atoms with E-state index in [2.05, 4.69) is 17.2 Å². The maximum atomic E-state index is 12.6. The van der Waals surface area contributed by atoms with E-state index in [-0.39, 0.29) is 36.5 Å². The molecule has 1 aromatic heterocycles. The van der Waals surface area contributed by atoms with Gasteiger partial charge in [0.15, 0.2) is 11.9 Å². The van der Waals surface area contributed by atoms with Crippen LogP contribution in [-0.2, 0) is 40.1 Å². The third-order valence-corrected chi connectivity index (χ3v) is 8.11. The van der Waals surface area contributed by atoms with E-state index >= 15 is 0 Å². The first-order valence-electron chi connectivity index (χ1n) is 12.4. The van der Waals surface area contributed by atoms with Crippen molar-refractivity contribution in [3.05, 3.63) is 30.1 Å². The average Bonchev–Trinajstić information content (AvgIpc) is 3.06. The lowest BCUT2D eigenvalue weighted by atomic mass is 9.58. The number of carbonyl (C=O) groups is 2. The van der Waals surface area contributed by atoms with Crippen molar-refractivity contribution in [2.75, 3.05) is 0 Å². The molecule has 9 nitrogen and oxygen atoms in total. The highest BCUT2D eigenvalue weighted by Gasteiger charge is 2.69. The Labute approximate surface area is 199 Å². The van der Waals surface area contributed by atoms with Gasteiger partial charge in [0.25, 0.3) is 0 Å². The zero-order chi connectivity index (χ0) is 23.9. The predicted molar refractivity (Wildman–Crippen MR) is 118 cm³/mol. The smallest absolute Gasteiger partial charge is 0.308 e. The largest absolute Gasteiger partial charge is 0.435 e. The molecule has 4 saturated heterocycles. The fraction of sp³-hybridized carbons (Fsp3) is 0.720. The predicted octanol–water partition coefficient (Wildman–Crippen LogP) is 3.23. The van der Waals surface area contributed by atoms with Gasteiger partial charge in [-0.25, -0.2) is 9.78 Å². The van der Waals surface area contributed by atoms with Gasteiger partial charge in [0.1, 0.15) is 0 Å². The molecule has 5 fully saturated rings. The Bertz CT molecular complexity index is 914. The van der Waals surface area contributed by atoms with Crippen LogP contribution in [0.25, 0.3) is 0 Å². The van der Waals surface area contributed by atoms with E-state index in [4.69, 9.17) is 24.0 Å². The van der Waals surface area contributed by atoms with Crippen molar-refractivity contribution in [2.45, 2.75) is 89.8 Å². The Kier molecular flexibility index (Phi) is 6.39. The van der Waals surface area contributed by atoms with Gasteiger partial charge in [-0.3, -0.25) is 14.6 Å². The quantitative estimate of drug-likeness (QED) is 0.495. The number of esters is 1. The lowest BCUT2D eigenvalue weighted by molar-refractivity contribution is -0.576. The Morgan fingerprint density at radius 2 is 2.03 bits per heavy atom. The Balaban J connectivity index is 1.20. The fourth-order valence-electron chi connectivity index (χ4n) is 6.20. The van der Waals surface area contributed by atoms with E-state index in [1.807, 2.05) is 26.0 Å². The number of hydrogen-bond donors (Lipinski definition) is 1. The zero-order valence-corrected chi connectivity index (χ0v) is 20.0. The molecule has 0 aromatic carbocycles. The van der Waals surface area contributed by atoms with Crippen LogP contribution in [0.5, 0.6) is 0 Å². The van der Waals surface area contributed by atoms with E-state index in [1.165, 1.54) is 0 Å². The molecule has 1 aromatic rings. The number of pyridine rings is 1. The second-order valence-corrected chi connectivity index (χ2v) is 10.4. The number of amides is 1. The maximum Gasteiger partial charge on any atom is 0.308 e. The number of rotatable bonds is 6. The van der Waals surface area contributed by atoms with Gasteiger partial charge in [-0.1, -0.05) is 19.9 Å². The van der Waals surface area contributed by atoms with Crippen LogP contribution in [0.15, 0.2) is 24.5 Å². The third-order valence-electron chi connectivity index (χ3n) is 8.11. The van der Waals surface area contributed by atoms with Gasteiger partial charge in [0.2, 0.25) is 18.0 Å². The first-order valence-corrected chi connectivity index (χ1v) is 12.4. The standard InChI is InChI=1S/C25H34N2O7/c1-15-6-7-19-16(2)22(31-23-25(19)18(15)10-11-24(3,32-23)33-34-25)30-21(29)9-8-20(28)27-14-17-5-4-12-26-13-17/h4-5,12-13,15-16,18-19,22-23H,6-11,14H2,1-3H3,(H,27,28)/t15-,16-,18-,19-,22+,23-,24+,25-/m1/s1. The summed E-state index contributed by atoms with van der Waals surface area (Å²) < 4.78 is 18.3. The number of nitrogens with zero attached hydrogens (tertiary/aromatic N) is 1. The number of ether oxygens (including phenoxy) is 3. The van der Waals surface area contributed by atoms with Gasteiger partial charge < -0.3 is 19.5 Å². The van der Waals surface area contributed by atoms with Gasteiger partial charge in [0, 0.05) is 43.6 Å². The SMILES string of the molecule is C[C@H]1[C@@H](OC(=O)CCC(=O)NCc2cccnc2)O[C@@H]2O[C@]3(C)CC[C@@H]4[C@H](C)CC[C@H]1[C@@]24OO3. The van der Waals surface area contributed by atoms with Crippen LogP contribution in [0.2, 0.25) is 0 Å². The van der Waals surface area contributed by atoms with Gasteiger partial charge in [0.05, 0.1) is 6.42 Å². The van der Waals surface area contributed by atoms with Gasteiger partial charge >= 0.3 is 5.97 Å². The van der Waals surface area contributed by atoms with Crippen LogP contribution in [0, 0.1) is 23.7 Å². The molecule has 1 amide bonds. The summed E-state index contributed by atoms with van der Waals surface area (Å²) in [5.74, 6) is -0.856. The monoisotopic (exact) mass is 474 g/mol. The lowest BCUT2D eigenvalue weighted by Gasteiger charge is -2.59. The Morgan fingerprint density at radius 3 is 2.82 bits per heavy atom. The molecule has 2 bridgehead atoms. The van der Waals surface area contributed by atoms with Gasteiger partial charge in [-0.15, -0.1) is 0 Å². The van der Waals surface area contributed by atoms with Crippen LogP contribution in [0.4, 0.5) is 0 Å². The van der Waals surface area contributed by atoms with Crippen molar-refractivity contribution in [3.63, 3.8) is 0 Å². The van der Waals surface area contributed by atoms with Gasteiger partial charge in [-0.2, -0.15) is 0 Å². The van der Waals surface area contributed by atoms with E-state index in [1.54, 1.807) is 12.4 Å². The topological polar surface area (TPSA) is 105 Å². The van der Waals surface area contributed by atoms with Gasteiger partial charge in [-0.05, 0) is 49.7 Å². The summed E-state index contributed by atoms with van der Waals surface area (Å²) in [6.07, 6.45) is 5.64.